The van der Waals surface area contributed by atoms with Crippen LogP contribution >= 0.6 is 0 Å². The minimum absolute atomic E-state index is 0.926. The summed E-state index contributed by atoms with van der Waals surface area (Å²) < 4.78 is 0. The summed E-state index contributed by atoms with van der Waals surface area (Å²) in [6.07, 6.45) is 12.9. The van der Waals surface area contributed by atoms with Crippen molar-refractivity contribution in [1.82, 2.24) is 10.2 Å². The van der Waals surface area contributed by atoms with Gasteiger partial charge in [-0.2, -0.15) is 0 Å². The molecule has 18 heavy (non-hydrogen) atoms. The molecule has 2 rings (SSSR count). The van der Waals surface area contributed by atoms with E-state index in [4.69, 9.17) is 0 Å². The van der Waals surface area contributed by atoms with Crippen molar-refractivity contribution >= 4 is 0 Å². The molecule has 1 aliphatic carbocycles. The standard InChI is InChI=1S/C16H32N2/c1-2-3-4-5-6-12-18(16-9-10-16)14-15-8-7-11-17-13-15/h15-17H,2-14H2,1H3. The molecule has 2 nitrogen and oxygen atoms in total. The van der Waals surface area contributed by atoms with Crippen LogP contribution in [-0.4, -0.2) is 37.1 Å². The zero-order valence-electron chi connectivity index (χ0n) is 12.3. The second kappa shape index (κ2) is 8.16. The molecular formula is C16H32N2. The highest BCUT2D eigenvalue weighted by atomic mass is 15.2. The van der Waals surface area contributed by atoms with Gasteiger partial charge in [-0.05, 0) is 57.7 Å². The first-order chi connectivity index (χ1) is 8.90. The van der Waals surface area contributed by atoms with Gasteiger partial charge in [0.25, 0.3) is 0 Å². The highest BCUT2D eigenvalue weighted by molar-refractivity contribution is 4.86. The summed E-state index contributed by atoms with van der Waals surface area (Å²) in [5.74, 6) is 0.926. The van der Waals surface area contributed by atoms with E-state index in [0.717, 1.165) is 12.0 Å². The van der Waals surface area contributed by atoms with Crippen LogP contribution in [0.3, 0.4) is 0 Å². The van der Waals surface area contributed by atoms with Gasteiger partial charge >= 0.3 is 0 Å². The Morgan fingerprint density at radius 1 is 1.06 bits per heavy atom. The Balaban J connectivity index is 1.61. The Kier molecular flexibility index (Phi) is 6.50. The van der Waals surface area contributed by atoms with Gasteiger partial charge in [0.2, 0.25) is 0 Å². The minimum atomic E-state index is 0.926. The summed E-state index contributed by atoms with van der Waals surface area (Å²) >= 11 is 0. The summed E-state index contributed by atoms with van der Waals surface area (Å²) in [6, 6.07) is 0.957. The zero-order chi connectivity index (χ0) is 12.6. The van der Waals surface area contributed by atoms with Gasteiger partial charge in [0.05, 0.1) is 0 Å². The van der Waals surface area contributed by atoms with Crippen molar-refractivity contribution in [1.29, 1.82) is 0 Å². The molecule has 0 amide bonds. The lowest BCUT2D eigenvalue weighted by Gasteiger charge is -2.30. The lowest BCUT2D eigenvalue weighted by molar-refractivity contribution is 0.196. The maximum atomic E-state index is 3.56. The molecule has 1 atom stereocenters. The van der Waals surface area contributed by atoms with E-state index in [1.165, 1.54) is 84.0 Å². The molecule has 0 aromatic carbocycles. The third kappa shape index (κ3) is 5.27. The van der Waals surface area contributed by atoms with Gasteiger partial charge in [-0.3, -0.25) is 0 Å². The third-order valence-electron chi connectivity index (χ3n) is 4.50. The van der Waals surface area contributed by atoms with Gasteiger partial charge in [0.1, 0.15) is 0 Å². The predicted molar refractivity (Wildman–Crippen MR) is 78.9 cm³/mol. The molecule has 2 heteroatoms. The van der Waals surface area contributed by atoms with Gasteiger partial charge in [0.15, 0.2) is 0 Å². The smallest absolute Gasteiger partial charge is 0.00965 e. The third-order valence-corrected chi connectivity index (χ3v) is 4.50. The fourth-order valence-electron chi connectivity index (χ4n) is 3.19. The van der Waals surface area contributed by atoms with Crippen molar-refractivity contribution < 1.29 is 0 Å². The van der Waals surface area contributed by atoms with Crippen LogP contribution in [0.5, 0.6) is 0 Å². The monoisotopic (exact) mass is 252 g/mol. The van der Waals surface area contributed by atoms with E-state index in [1.807, 2.05) is 0 Å². The maximum Gasteiger partial charge on any atom is 0.00965 e. The molecule has 1 N–H and O–H groups in total. The second-order valence-corrected chi connectivity index (χ2v) is 6.35. The van der Waals surface area contributed by atoms with E-state index < -0.39 is 0 Å². The molecular weight excluding hydrogens is 220 g/mol. The molecule has 0 spiro atoms. The van der Waals surface area contributed by atoms with Crippen molar-refractivity contribution in [3.63, 3.8) is 0 Å². The highest BCUT2D eigenvalue weighted by Gasteiger charge is 2.30. The lowest BCUT2D eigenvalue weighted by Crippen LogP contribution is -2.39. The van der Waals surface area contributed by atoms with E-state index in [2.05, 4.69) is 17.1 Å². The Morgan fingerprint density at radius 3 is 2.56 bits per heavy atom. The molecule has 1 saturated carbocycles. The fraction of sp³-hybridized carbons (Fsp3) is 1.00. The first-order valence-corrected chi connectivity index (χ1v) is 8.35. The molecule has 0 bridgehead atoms. The molecule has 1 aliphatic heterocycles. The summed E-state index contributed by atoms with van der Waals surface area (Å²) in [5.41, 5.74) is 0. The molecule has 1 saturated heterocycles. The van der Waals surface area contributed by atoms with E-state index in [0.29, 0.717) is 0 Å². The molecule has 2 fully saturated rings. The van der Waals surface area contributed by atoms with Crippen LogP contribution in [0.25, 0.3) is 0 Å². The largest absolute Gasteiger partial charge is 0.316 e. The number of nitrogens with zero attached hydrogens (tertiary/aromatic N) is 1. The highest BCUT2D eigenvalue weighted by Crippen LogP contribution is 2.28. The van der Waals surface area contributed by atoms with Crippen molar-refractivity contribution in [3.05, 3.63) is 0 Å². The molecule has 2 aliphatic rings. The fourth-order valence-corrected chi connectivity index (χ4v) is 3.19. The van der Waals surface area contributed by atoms with Gasteiger partial charge in [-0.1, -0.05) is 32.6 Å². The van der Waals surface area contributed by atoms with E-state index in [9.17, 15) is 0 Å². The quantitative estimate of drug-likeness (QED) is 0.633. The van der Waals surface area contributed by atoms with Crippen molar-refractivity contribution in [3.8, 4) is 0 Å². The molecule has 1 unspecified atom stereocenters. The Bertz CT molecular complexity index is 207. The van der Waals surface area contributed by atoms with Crippen LogP contribution in [0.1, 0.15) is 64.7 Å². The van der Waals surface area contributed by atoms with Crippen LogP contribution in [-0.2, 0) is 0 Å². The van der Waals surface area contributed by atoms with Crippen LogP contribution in [0.4, 0.5) is 0 Å². The number of hydrogen-bond donors (Lipinski definition) is 1. The number of hydrogen-bond acceptors (Lipinski definition) is 2. The van der Waals surface area contributed by atoms with Gasteiger partial charge in [-0.25, -0.2) is 0 Å². The van der Waals surface area contributed by atoms with Crippen LogP contribution in [0, 0.1) is 5.92 Å². The molecule has 0 radical (unpaired) electrons. The van der Waals surface area contributed by atoms with Gasteiger partial charge in [-0.15, -0.1) is 0 Å². The van der Waals surface area contributed by atoms with Crippen molar-refractivity contribution in [2.75, 3.05) is 26.2 Å². The molecule has 0 aromatic heterocycles. The second-order valence-electron chi connectivity index (χ2n) is 6.35. The number of unbranched alkanes of at least 4 members (excludes halogenated alkanes) is 4. The SMILES string of the molecule is CCCCCCCN(CC1CCCNC1)C1CC1. The van der Waals surface area contributed by atoms with Crippen molar-refractivity contribution in [2.45, 2.75) is 70.8 Å². The average molecular weight is 252 g/mol. The number of rotatable bonds is 9. The molecule has 0 aromatic rings. The Morgan fingerprint density at radius 2 is 1.89 bits per heavy atom. The average Bonchev–Trinajstić information content (AvgIpc) is 3.23. The Labute approximate surface area is 114 Å². The lowest BCUT2D eigenvalue weighted by atomic mass is 9.99. The summed E-state index contributed by atoms with van der Waals surface area (Å²) in [5, 5.41) is 3.56. The normalized spacial score (nSPS) is 24.7. The van der Waals surface area contributed by atoms with E-state index in [1.54, 1.807) is 0 Å². The van der Waals surface area contributed by atoms with E-state index in [-0.39, 0.29) is 0 Å². The summed E-state index contributed by atoms with van der Waals surface area (Å²) in [7, 11) is 0. The minimum Gasteiger partial charge on any atom is -0.316 e. The van der Waals surface area contributed by atoms with Crippen LogP contribution in [0.2, 0.25) is 0 Å². The summed E-state index contributed by atoms with van der Waals surface area (Å²) in [6.45, 7) is 7.54. The number of nitrogens with one attached hydrogen (secondary N) is 1. The van der Waals surface area contributed by atoms with Crippen LogP contribution < -0.4 is 5.32 Å². The van der Waals surface area contributed by atoms with Crippen LogP contribution in [0.15, 0.2) is 0 Å². The first-order valence-electron chi connectivity index (χ1n) is 8.35. The molecule has 106 valence electrons. The number of piperidine rings is 1. The Hall–Kier alpha value is -0.0800. The zero-order valence-corrected chi connectivity index (χ0v) is 12.3. The maximum absolute atomic E-state index is 3.56. The van der Waals surface area contributed by atoms with Crippen molar-refractivity contribution in [2.24, 2.45) is 5.92 Å². The van der Waals surface area contributed by atoms with E-state index >= 15 is 0 Å². The first kappa shape index (κ1) is 14.3. The molecule has 1 heterocycles. The van der Waals surface area contributed by atoms with Gasteiger partial charge in [0, 0.05) is 12.6 Å². The summed E-state index contributed by atoms with van der Waals surface area (Å²) in [4.78, 5) is 2.81. The topological polar surface area (TPSA) is 15.3 Å². The predicted octanol–water partition coefficient (Wildman–Crippen LogP) is 3.42. The van der Waals surface area contributed by atoms with Gasteiger partial charge < -0.3 is 10.2 Å².